The minimum atomic E-state index is -0.561. The van der Waals surface area contributed by atoms with Gasteiger partial charge in [0.1, 0.15) is 11.5 Å². The van der Waals surface area contributed by atoms with E-state index in [1.54, 1.807) is 30.3 Å². The fourth-order valence-electron chi connectivity index (χ4n) is 1.68. The summed E-state index contributed by atoms with van der Waals surface area (Å²) in [5.41, 5.74) is 0.505. The molecule has 0 aliphatic heterocycles. The predicted octanol–water partition coefficient (Wildman–Crippen LogP) is 2.97. The van der Waals surface area contributed by atoms with Crippen molar-refractivity contribution in [3.05, 3.63) is 59.6 Å². The highest BCUT2D eigenvalue weighted by molar-refractivity contribution is 6.06. The first-order valence-corrected chi connectivity index (χ1v) is 6.18. The summed E-state index contributed by atoms with van der Waals surface area (Å²) < 4.78 is 14.8. The molecule has 108 valence electrons. The van der Waals surface area contributed by atoms with Crippen molar-refractivity contribution in [2.24, 2.45) is 0 Å². The average molecular weight is 286 g/mol. The quantitative estimate of drug-likeness (QED) is 0.480. The molecule has 0 spiro atoms. The number of furan rings is 1. The number of carbonyl (C=O) groups is 2. The summed E-state index contributed by atoms with van der Waals surface area (Å²) in [5, 5.41) is 0. The van der Waals surface area contributed by atoms with Gasteiger partial charge in [-0.3, -0.25) is 4.79 Å². The normalized spacial score (nSPS) is 10.6. The number of carbonyl (C=O) groups excluding carboxylic acids is 2. The van der Waals surface area contributed by atoms with Crippen LogP contribution in [0.4, 0.5) is 0 Å². The highest BCUT2D eigenvalue weighted by atomic mass is 16.5. The molecule has 1 heterocycles. The number of allylic oxidation sites excluding steroid dienone is 1. The molecule has 5 nitrogen and oxygen atoms in total. The minimum Gasteiger partial charge on any atom is -0.497 e. The molecule has 2 rings (SSSR count). The topological polar surface area (TPSA) is 65.7 Å². The molecule has 0 radical (unpaired) electrons. The van der Waals surface area contributed by atoms with Gasteiger partial charge in [0.25, 0.3) is 0 Å². The molecule has 0 unspecified atom stereocenters. The van der Waals surface area contributed by atoms with Crippen LogP contribution in [0, 0.1) is 0 Å². The Labute approximate surface area is 121 Å². The van der Waals surface area contributed by atoms with Gasteiger partial charge >= 0.3 is 5.97 Å². The first-order valence-electron chi connectivity index (χ1n) is 6.18. The van der Waals surface area contributed by atoms with Gasteiger partial charge in [-0.1, -0.05) is 12.1 Å². The number of hydrogen-bond donors (Lipinski definition) is 0. The Bertz CT molecular complexity index is 681. The zero-order chi connectivity index (χ0) is 15.2. The van der Waals surface area contributed by atoms with Gasteiger partial charge in [-0.05, 0) is 36.4 Å². The number of benzene rings is 1. The molecule has 0 fully saturated rings. The van der Waals surface area contributed by atoms with Crippen LogP contribution in [0.2, 0.25) is 0 Å². The Kier molecular flexibility index (Phi) is 4.56. The van der Waals surface area contributed by atoms with Gasteiger partial charge in [0, 0.05) is 5.56 Å². The Morgan fingerprint density at radius 2 is 1.95 bits per heavy atom. The minimum absolute atomic E-state index is 0.0889. The predicted molar refractivity (Wildman–Crippen MR) is 76.4 cm³/mol. The molecular formula is C16H14O5. The van der Waals surface area contributed by atoms with E-state index < -0.39 is 5.97 Å². The summed E-state index contributed by atoms with van der Waals surface area (Å²) in [7, 11) is 2.81. The Morgan fingerprint density at radius 1 is 1.14 bits per heavy atom. The number of esters is 1. The fourth-order valence-corrected chi connectivity index (χ4v) is 1.68. The molecule has 0 N–H and O–H groups in total. The highest BCUT2D eigenvalue weighted by Gasteiger charge is 2.10. The standard InChI is InChI=1S/C16H14O5/c1-19-13-5-3-4-11(10-13)14(17)8-6-12-7-9-15(21-12)16(18)20-2/h3-10H,1-2H3. The van der Waals surface area contributed by atoms with Gasteiger partial charge in [-0.15, -0.1) is 0 Å². The van der Waals surface area contributed by atoms with Crippen LogP contribution in [-0.2, 0) is 4.74 Å². The molecule has 5 heteroatoms. The van der Waals surface area contributed by atoms with Crippen molar-refractivity contribution in [2.75, 3.05) is 14.2 Å². The van der Waals surface area contributed by atoms with E-state index >= 15 is 0 Å². The summed E-state index contributed by atoms with van der Waals surface area (Å²) in [5.74, 6) is 0.344. The smallest absolute Gasteiger partial charge is 0.373 e. The molecule has 0 bridgehead atoms. The van der Waals surface area contributed by atoms with Crippen LogP contribution in [-0.4, -0.2) is 26.0 Å². The lowest BCUT2D eigenvalue weighted by Crippen LogP contribution is -1.98. The Morgan fingerprint density at radius 3 is 2.67 bits per heavy atom. The summed E-state index contributed by atoms with van der Waals surface area (Å²) in [6.45, 7) is 0. The van der Waals surface area contributed by atoms with Crippen molar-refractivity contribution < 1.29 is 23.5 Å². The molecule has 1 aromatic carbocycles. The van der Waals surface area contributed by atoms with Gasteiger partial charge < -0.3 is 13.9 Å². The monoisotopic (exact) mass is 286 g/mol. The van der Waals surface area contributed by atoms with Gasteiger partial charge in [0.2, 0.25) is 5.76 Å². The maximum Gasteiger partial charge on any atom is 0.373 e. The number of ether oxygens (including phenoxy) is 2. The summed E-state index contributed by atoms with van der Waals surface area (Å²) >= 11 is 0. The SMILES string of the molecule is COC(=O)c1ccc(C=CC(=O)c2cccc(OC)c2)o1. The molecule has 0 amide bonds. The first kappa shape index (κ1) is 14.6. The Balaban J connectivity index is 2.11. The first-order chi connectivity index (χ1) is 10.1. The maximum absolute atomic E-state index is 12.0. The lowest BCUT2D eigenvalue weighted by molar-refractivity contribution is 0.0564. The highest BCUT2D eigenvalue weighted by Crippen LogP contribution is 2.15. The van der Waals surface area contributed by atoms with E-state index in [0.29, 0.717) is 17.1 Å². The van der Waals surface area contributed by atoms with Gasteiger partial charge in [0.15, 0.2) is 5.78 Å². The summed E-state index contributed by atoms with van der Waals surface area (Å²) in [6.07, 6.45) is 2.86. The van der Waals surface area contributed by atoms with Gasteiger partial charge in [-0.25, -0.2) is 4.79 Å². The van der Waals surface area contributed by atoms with Crippen molar-refractivity contribution >= 4 is 17.8 Å². The van der Waals surface area contributed by atoms with Crippen LogP contribution in [0.1, 0.15) is 26.7 Å². The fraction of sp³-hybridized carbons (Fsp3) is 0.125. The van der Waals surface area contributed by atoms with Crippen LogP contribution < -0.4 is 4.74 Å². The molecule has 0 atom stereocenters. The third kappa shape index (κ3) is 3.60. The summed E-state index contributed by atoms with van der Waals surface area (Å²) in [4.78, 5) is 23.2. The van der Waals surface area contributed by atoms with Crippen molar-refractivity contribution in [1.29, 1.82) is 0 Å². The van der Waals surface area contributed by atoms with Crippen LogP contribution in [0.15, 0.2) is 46.9 Å². The van der Waals surface area contributed by atoms with E-state index in [-0.39, 0.29) is 11.5 Å². The van der Waals surface area contributed by atoms with Crippen molar-refractivity contribution in [2.45, 2.75) is 0 Å². The van der Waals surface area contributed by atoms with E-state index in [2.05, 4.69) is 4.74 Å². The number of methoxy groups -OCH3 is 2. The lowest BCUT2D eigenvalue weighted by Gasteiger charge is -2.00. The summed E-state index contributed by atoms with van der Waals surface area (Å²) in [6, 6.07) is 9.91. The van der Waals surface area contributed by atoms with E-state index in [0.717, 1.165) is 0 Å². The van der Waals surface area contributed by atoms with Crippen LogP contribution in [0.5, 0.6) is 5.75 Å². The van der Waals surface area contributed by atoms with E-state index in [1.807, 2.05) is 0 Å². The van der Waals surface area contributed by atoms with Crippen LogP contribution in [0.25, 0.3) is 6.08 Å². The zero-order valence-corrected chi connectivity index (χ0v) is 11.7. The zero-order valence-electron chi connectivity index (χ0n) is 11.7. The maximum atomic E-state index is 12.0. The molecule has 0 saturated heterocycles. The second-order valence-electron chi connectivity index (χ2n) is 4.12. The van der Waals surface area contributed by atoms with E-state index in [1.165, 1.54) is 32.4 Å². The molecule has 1 aromatic heterocycles. The third-order valence-electron chi connectivity index (χ3n) is 2.77. The molecule has 0 saturated carbocycles. The molecular weight excluding hydrogens is 272 g/mol. The second kappa shape index (κ2) is 6.56. The van der Waals surface area contributed by atoms with Gasteiger partial charge in [0.05, 0.1) is 14.2 Å². The van der Waals surface area contributed by atoms with E-state index in [4.69, 9.17) is 9.15 Å². The lowest BCUT2D eigenvalue weighted by atomic mass is 10.1. The van der Waals surface area contributed by atoms with Crippen LogP contribution >= 0.6 is 0 Å². The third-order valence-corrected chi connectivity index (χ3v) is 2.77. The van der Waals surface area contributed by atoms with Crippen molar-refractivity contribution in [1.82, 2.24) is 0 Å². The largest absolute Gasteiger partial charge is 0.497 e. The number of ketones is 1. The van der Waals surface area contributed by atoms with Crippen LogP contribution in [0.3, 0.4) is 0 Å². The van der Waals surface area contributed by atoms with Crippen molar-refractivity contribution in [3.63, 3.8) is 0 Å². The molecule has 2 aromatic rings. The number of hydrogen-bond acceptors (Lipinski definition) is 5. The molecule has 0 aliphatic carbocycles. The average Bonchev–Trinajstić information content (AvgIpc) is 3.00. The van der Waals surface area contributed by atoms with Crippen molar-refractivity contribution in [3.8, 4) is 5.75 Å². The molecule has 0 aliphatic rings. The van der Waals surface area contributed by atoms with Gasteiger partial charge in [-0.2, -0.15) is 0 Å². The second-order valence-corrected chi connectivity index (χ2v) is 4.12. The number of rotatable bonds is 5. The Hall–Kier alpha value is -2.82. The molecule has 21 heavy (non-hydrogen) atoms. The van der Waals surface area contributed by atoms with E-state index in [9.17, 15) is 9.59 Å².